The molecule has 7 heteroatoms. The summed E-state index contributed by atoms with van der Waals surface area (Å²) in [6, 6.07) is 15.1. The average molecular weight is 555 g/mol. The number of aliphatic imine (C=N–C) groups is 1. The van der Waals surface area contributed by atoms with Crippen molar-refractivity contribution >= 4 is 29.9 Å². The van der Waals surface area contributed by atoms with Crippen LogP contribution in [0.4, 0.5) is 0 Å². The Bertz CT molecular complexity index is 842. The summed E-state index contributed by atoms with van der Waals surface area (Å²) >= 11 is 0. The number of halogens is 1. The number of nitrogens with zero attached hydrogens (tertiary/aromatic N) is 2. The third-order valence-electron chi connectivity index (χ3n) is 5.33. The van der Waals surface area contributed by atoms with Crippen molar-refractivity contribution in [2.45, 2.75) is 46.3 Å². The first-order chi connectivity index (χ1) is 15.0. The maximum absolute atomic E-state index is 5.40. The van der Waals surface area contributed by atoms with E-state index >= 15 is 0 Å². The molecule has 0 amide bonds. The average Bonchev–Trinajstić information content (AvgIpc) is 2.78. The molecule has 0 saturated carbocycles. The molecule has 32 heavy (non-hydrogen) atoms. The molecule has 0 saturated heterocycles. The van der Waals surface area contributed by atoms with Crippen LogP contribution in [0.5, 0.6) is 11.5 Å². The molecule has 0 aliphatic heterocycles. The largest absolute Gasteiger partial charge is 0.493 e. The highest BCUT2D eigenvalue weighted by Gasteiger charge is 2.09. The van der Waals surface area contributed by atoms with Crippen LogP contribution in [-0.4, -0.2) is 51.3 Å². The molecule has 2 N–H and O–H groups in total. The molecule has 0 spiro atoms. The van der Waals surface area contributed by atoms with Gasteiger partial charge in [0.1, 0.15) is 0 Å². The number of hydrogen-bond acceptors (Lipinski definition) is 4. The fourth-order valence-electron chi connectivity index (χ4n) is 3.18. The van der Waals surface area contributed by atoms with Gasteiger partial charge in [-0.05, 0) is 63.1 Å². The lowest BCUT2D eigenvalue weighted by atomic mass is 10.1. The van der Waals surface area contributed by atoms with Crippen molar-refractivity contribution in [1.29, 1.82) is 0 Å². The molecule has 6 nitrogen and oxygen atoms in total. The van der Waals surface area contributed by atoms with E-state index in [2.05, 4.69) is 73.7 Å². The summed E-state index contributed by atoms with van der Waals surface area (Å²) in [5, 5.41) is 6.78. The van der Waals surface area contributed by atoms with Gasteiger partial charge in [0, 0.05) is 25.7 Å². The van der Waals surface area contributed by atoms with E-state index in [1.807, 2.05) is 12.1 Å². The van der Waals surface area contributed by atoms with Gasteiger partial charge in [0.2, 0.25) is 0 Å². The predicted octanol–water partition coefficient (Wildman–Crippen LogP) is 4.46. The zero-order valence-corrected chi connectivity index (χ0v) is 22.6. The maximum atomic E-state index is 5.40. The summed E-state index contributed by atoms with van der Waals surface area (Å²) in [5.41, 5.74) is 3.76. The van der Waals surface area contributed by atoms with Crippen molar-refractivity contribution in [3.8, 4) is 11.5 Å². The second kappa shape index (κ2) is 14.9. The quantitative estimate of drug-likeness (QED) is 0.244. The Morgan fingerprint density at radius 1 is 1.00 bits per heavy atom. The van der Waals surface area contributed by atoms with Gasteiger partial charge in [-0.3, -0.25) is 4.90 Å². The summed E-state index contributed by atoms with van der Waals surface area (Å²) in [6.45, 7) is 9.68. The summed E-state index contributed by atoms with van der Waals surface area (Å²) in [4.78, 5) is 7.16. The van der Waals surface area contributed by atoms with E-state index in [4.69, 9.17) is 14.5 Å². The van der Waals surface area contributed by atoms with Crippen LogP contribution in [-0.2, 0) is 19.5 Å². The van der Waals surface area contributed by atoms with Crippen molar-refractivity contribution in [3.63, 3.8) is 0 Å². The first-order valence-electron chi connectivity index (χ1n) is 11.0. The fraction of sp³-hybridized carbons (Fsp3) is 0.480. The molecule has 0 aliphatic carbocycles. The van der Waals surface area contributed by atoms with Crippen LogP contribution in [0.2, 0.25) is 0 Å². The minimum Gasteiger partial charge on any atom is -0.493 e. The van der Waals surface area contributed by atoms with Crippen LogP contribution in [0.3, 0.4) is 0 Å². The summed E-state index contributed by atoms with van der Waals surface area (Å²) < 4.78 is 10.7. The highest BCUT2D eigenvalue weighted by Crippen LogP contribution is 2.27. The van der Waals surface area contributed by atoms with Crippen molar-refractivity contribution in [1.82, 2.24) is 15.5 Å². The third kappa shape index (κ3) is 8.86. The number of guanidine groups is 1. The second-order valence-electron chi connectivity index (χ2n) is 7.84. The number of methoxy groups -OCH3 is 2. The lowest BCUT2D eigenvalue weighted by Gasteiger charge is -2.22. The van der Waals surface area contributed by atoms with Gasteiger partial charge in [-0.25, -0.2) is 4.99 Å². The van der Waals surface area contributed by atoms with Crippen LogP contribution < -0.4 is 20.1 Å². The summed E-state index contributed by atoms with van der Waals surface area (Å²) in [7, 11) is 5.47. The molecule has 0 aliphatic rings. The Morgan fingerprint density at radius 2 is 1.69 bits per heavy atom. The molecule has 178 valence electrons. The molecule has 0 radical (unpaired) electrons. The molecule has 0 unspecified atom stereocenters. The van der Waals surface area contributed by atoms with Crippen molar-refractivity contribution < 1.29 is 9.47 Å². The number of hydrogen-bond donors (Lipinski definition) is 2. The molecule has 2 aromatic rings. The van der Waals surface area contributed by atoms with Gasteiger partial charge in [0.05, 0.1) is 20.8 Å². The SMILES string of the molecule is CCNC(=NCc1ccccc1CN(C)C(C)C)NCCc1ccc(OC)c(OC)c1.I. The second-order valence-corrected chi connectivity index (χ2v) is 7.84. The Hall–Kier alpha value is -2.00. The van der Waals surface area contributed by atoms with E-state index in [1.165, 1.54) is 16.7 Å². The molecule has 0 fully saturated rings. The predicted molar refractivity (Wildman–Crippen MR) is 145 cm³/mol. The van der Waals surface area contributed by atoms with Gasteiger partial charge in [-0.15, -0.1) is 24.0 Å². The van der Waals surface area contributed by atoms with Gasteiger partial charge in [-0.1, -0.05) is 30.3 Å². The van der Waals surface area contributed by atoms with Crippen LogP contribution >= 0.6 is 24.0 Å². The summed E-state index contributed by atoms with van der Waals surface area (Å²) in [6.07, 6.45) is 0.862. The van der Waals surface area contributed by atoms with E-state index in [1.54, 1.807) is 14.2 Å². The lowest BCUT2D eigenvalue weighted by molar-refractivity contribution is 0.265. The number of ether oxygens (including phenoxy) is 2. The highest BCUT2D eigenvalue weighted by atomic mass is 127. The standard InChI is InChI=1S/C25H38N4O2.HI/c1-7-26-25(27-15-14-20-12-13-23(30-5)24(16-20)31-6)28-17-21-10-8-9-11-22(21)18-29(4)19(2)3;/h8-13,16,19H,7,14-15,17-18H2,1-6H3,(H2,26,27,28);1H. The van der Waals surface area contributed by atoms with Crippen molar-refractivity contribution in [3.05, 3.63) is 59.2 Å². The van der Waals surface area contributed by atoms with Gasteiger partial charge in [0.25, 0.3) is 0 Å². The Balaban J connectivity index is 0.00000512. The molecular weight excluding hydrogens is 515 g/mol. The number of nitrogens with one attached hydrogen (secondary N) is 2. The highest BCUT2D eigenvalue weighted by molar-refractivity contribution is 14.0. The summed E-state index contributed by atoms with van der Waals surface area (Å²) in [5.74, 6) is 2.33. The van der Waals surface area contributed by atoms with Gasteiger partial charge in [0.15, 0.2) is 17.5 Å². The first-order valence-corrected chi connectivity index (χ1v) is 11.0. The minimum atomic E-state index is 0. The van der Waals surface area contributed by atoms with Crippen molar-refractivity contribution in [2.24, 2.45) is 4.99 Å². The lowest BCUT2D eigenvalue weighted by Crippen LogP contribution is -2.38. The molecule has 0 bridgehead atoms. The molecule has 2 rings (SSSR count). The maximum Gasteiger partial charge on any atom is 0.191 e. The Labute approximate surface area is 210 Å². The van der Waals surface area contributed by atoms with E-state index in [9.17, 15) is 0 Å². The van der Waals surface area contributed by atoms with Crippen LogP contribution in [0, 0.1) is 0 Å². The smallest absolute Gasteiger partial charge is 0.191 e. The minimum absolute atomic E-state index is 0. The van der Waals surface area contributed by atoms with E-state index in [-0.39, 0.29) is 24.0 Å². The van der Waals surface area contributed by atoms with Crippen molar-refractivity contribution in [2.75, 3.05) is 34.4 Å². The normalized spacial score (nSPS) is 11.3. The van der Waals surface area contributed by atoms with Crippen LogP contribution in [0.25, 0.3) is 0 Å². The fourth-order valence-corrected chi connectivity index (χ4v) is 3.18. The number of rotatable bonds is 11. The third-order valence-corrected chi connectivity index (χ3v) is 5.33. The first kappa shape index (κ1) is 28.0. The Morgan fingerprint density at radius 3 is 2.31 bits per heavy atom. The zero-order valence-electron chi connectivity index (χ0n) is 20.3. The molecular formula is C25H39IN4O2. The zero-order chi connectivity index (χ0) is 22.6. The monoisotopic (exact) mass is 554 g/mol. The molecule has 0 heterocycles. The molecule has 0 aromatic heterocycles. The number of benzene rings is 2. The van der Waals surface area contributed by atoms with Gasteiger partial charge >= 0.3 is 0 Å². The Kier molecular flexibility index (Phi) is 13.1. The van der Waals surface area contributed by atoms with Crippen LogP contribution in [0.1, 0.15) is 37.5 Å². The van der Waals surface area contributed by atoms with E-state index in [0.717, 1.165) is 43.5 Å². The van der Waals surface area contributed by atoms with E-state index < -0.39 is 0 Å². The van der Waals surface area contributed by atoms with E-state index in [0.29, 0.717) is 12.6 Å². The van der Waals surface area contributed by atoms with Gasteiger partial charge in [-0.2, -0.15) is 0 Å². The topological polar surface area (TPSA) is 58.1 Å². The van der Waals surface area contributed by atoms with Gasteiger partial charge < -0.3 is 20.1 Å². The molecule has 2 aromatic carbocycles. The molecule has 0 atom stereocenters. The van der Waals surface area contributed by atoms with Crippen LogP contribution in [0.15, 0.2) is 47.5 Å².